The molecule has 2 heterocycles. The van der Waals surface area contributed by atoms with Crippen LogP contribution in [0.2, 0.25) is 0 Å². The Kier molecular flexibility index (Phi) is 4.05. The summed E-state index contributed by atoms with van der Waals surface area (Å²) < 4.78 is 1.43. The minimum Gasteiger partial charge on any atom is -0.351 e. The van der Waals surface area contributed by atoms with Crippen LogP contribution >= 0.6 is 0 Å². The second-order valence-electron chi connectivity index (χ2n) is 6.10. The summed E-state index contributed by atoms with van der Waals surface area (Å²) in [6.07, 6.45) is 6.50. The molecule has 0 amide bonds. The number of hydrogen-bond acceptors (Lipinski definition) is 4. The lowest BCUT2D eigenvalue weighted by atomic mass is 10.0. The van der Waals surface area contributed by atoms with Crippen molar-refractivity contribution in [1.29, 1.82) is 0 Å². The molecule has 0 radical (unpaired) electrons. The van der Waals surface area contributed by atoms with Crippen LogP contribution in [0, 0.1) is 5.92 Å². The fraction of sp³-hybridized carbons (Fsp3) is 0.733. The Balaban J connectivity index is 1.66. The fourth-order valence-electron chi connectivity index (χ4n) is 2.93. The van der Waals surface area contributed by atoms with Crippen LogP contribution in [-0.4, -0.2) is 35.5 Å². The van der Waals surface area contributed by atoms with Gasteiger partial charge in [0.05, 0.1) is 0 Å². The normalized spacial score (nSPS) is 23.1. The van der Waals surface area contributed by atoms with Crippen LogP contribution in [0.5, 0.6) is 0 Å². The second-order valence-corrected chi connectivity index (χ2v) is 6.10. The number of anilines is 1. The van der Waals surface area contributed by atoms with E-state index in [0.717, 1.165) is 31.4 Å². The maximum Gasteiger partial charge on any atom is 0.266 e. The fourth-order valence-corrected chi connectivity index (χ4v) is 2.93. The lowest BCUT2D eigenvalue weighted by molar-refractivity contribution is 0.426. The molecule has 2 fully saturated rings. The highest BCUT2D eigenvalue weighted by Crippen LogP contribution is 2.28. The molecule has 1 atom stereocenters. The molecule has 1 aliphatic heterocycles. The van der Waals surface area contributed by atoms with Gasteiger partial charge in [-0.25, -0.2) is 4.68 Å². The topological polar surface area (TPSA) is 50.2 Å². The van der Waals surface area contributed by atoms with Crippen LogP contribution in [0.1, 0.15) is 32.1 Å². The smallest absolute Gasteiger partial charge is 0.266 e. The number of aryl methyl sites for hydroxylation is 1. The Bertz CT molecular complexity index is 509. The van der Waals surface area contributed by atoms with E-state index in [9.17, 15) is 4.79 Å². The van der Waals surface area contributed by atoms with Gasteiger partial charge >= 0.3 is 0 Å². The third-order valence-electron chi connectivity index (χ3n) is 4.38. The molecule has 3 rings (SSSR count). The second kappa shape index (κ2) is 5.95. The Labute approximate surface area is 120 Å². The number of aromatic nitrogens is 2. The molecule has 1 aromatic heterocycles. The number of nitrogens with one attached hydrogen (secondary N) is 1. The maximum absolute atomic E-state index is 11.5. The van der Waals surface area contributed by atoms with Crippen molar-refractivity contribution in [2.75, 3.05) is 24.5 Å². The summed E-state index contributed by atoms with van der Waals surface area (Å²) in [6, 6.07) is 3.99. The predicted octanol–water partition coefficient (Wildman–Crippen LogP) is 1.14. The Morgan fingerprint density at radius 3 is 2.85 bits per heavy atom. The molecule has 0 spiro atoms. The van der Waals surface area contributed by atoms with Gasteiger partial charge in [-0.2, -0.15) is 5.10 Å². The molecule has 20 heavy (non-hydrogen) atoms. The first-order chi connectivity index (χ1) is 9.74. The summed E-state index contributed by atoms with van der Waals surface area (Å²) in [5, 5.41) is 8.01. The number of piperidine rings is 1. The van der Waals surface area contributed by atoms with Gasteiger partial charge < -0.3 is 10.2 Å². The summed E-state index contributed by atoms with van der Waals surface area (Å²) >= 11 is 0. The van der Waals surface area contributed by atoms with E-state index in [1.165, 1.54) is 36.8 Å². The summed E-state index contributed by atoms with van der Waals surface area (Å²) in [6.45, 7) is 3.23. The lowest BCUT2D eigenvalue weighted by Crippen LogP contribution is -2.46. The van der Waals surface area contributed by atoms with Crippen molar-refractivity contribution >= 4 is 5.82 Å². The Morgan fingerprint density at radius 2 is 2.10 bits per heavy atom. The van der Waals surface area contributed by atoms with Crippen molar-refractivity contribution in [2.45, 2.75) is 38.1 Å². The molecule has 2 aliphatic rings. The third-order valence-corrected chi connectivity index (χ3v) is 4.38. The van der Waals surface area contributed by atoms with Gasteiger partial charge in [0, 0.05) is 32.2 Å². The average molecular weight is 276 g/mol. The van der Waals surface area contributed by atoms with E-state index >= 15 is 0 Å². The van der Waals surface area contributed by atoms with E-state index in [-0.39, 0.29) is 5.56 Å². The lowest BCUT2D eigenvalue weighted by Gasteiger charge is -2.36. The molecule has 1 aromatic rings. The predicted molar refractivity (Wildman–Crippen MR) is 80.1 cm³/mol. The van der Waals surface area contributed by atoms with Crippen LogP contribution in [0.25, 0.3) is 0 Å². The van der Waals surface area contributed by atoms with Gasteiger partial charge in [0.1, 0.15) is 5.82 Å². The highest BCUT2D eigenvalue weighted by atomic mass is 16.1. The van der Waals surface area contributed by atoms with E-state index in [1.54, 1.807) is 13.1 Å². The van der Waals surface area contributed by atoms with Crippen LogP contribution in [0.3, 0.4) is 0 Å². The molecule has 1 saturated heterocycles. The average Bonchev–Trinajstić information content (AvgIpc) is 3.27. The first-order valence-electron chi connectivity index (χ1n) is 7.76. The molecule has 1 unspecified atom stereocenters. The molecule has 0 aromatic carbocycles. The van der Waals surface area contributed by atoms with Gasteiger partial charge in [-0.1, -0.05) is 0 Å². The zero-order chi connectivity index (χ0) is 13.9. The summed E-state index contributed by atoms with van der Waals surface area (Å²) in [5.74, 6) is 1.85. The van der Waals surface area contributed by atoms with Crippen molar-refractivity contribution in [2.24, 2.45) is 13.0 Å². The summed E-state index contributed by atoms with van der Waals surface area (Å²) in [4.78, 5) is 13.8. The zero-order valence-electron chi connectivity index (χ0n) is 12.2. The summed E-state index contributed by atoms with van der Waals surface area (Å²) in [7, 11) is 1.72. The number of nitrogens with zero attached hydrogens (tertiary/aromatic N) is 3. The molecule has 5 nitrogen and oxygen atoms in total. The SMILES string of the molecule is Cn1nc(N2CCCCC2CNCC2CC2)ccc1=O. The largest absolute Gasteiger partial charge is 0.351 e. The van der Waals surface area contributed by atoms with Gasteiger partial charge in [0.15, 0.2) is 0 Å². The van der Waals surface area contributed by atoms with Crippen LogP contribution in [0.15, 0.2) is 16.9 Å². The van der Waals surface area contributed by atoms with Crippen LogP contribution < -0.4 is 15.8 Å². The number of hydrogen-bond donors (Lipinski definition) is 1. The molecular weight excluding hydrogens is 252 g/mol. The maximum atomic E-state index is 11.5. The van der Waals surface area contributed by atoms with E-state index in [2.05, 4.69) is 15.3 Å². The summed E-state index contributed by atoms with van der Waals surface area (Å²) in [5.41, 5.74) is -0.0471. The van der Waals surface area contributed by atoms with E-state index in [0.29, 0.717) is 6.04 Å². The van der Waals surface area contributed by atoms with Gasteiger partial charge in [0.25, 0.3) is 5.56 Å². The molecule has 1 N–H and O–H groups in total. The van der Waals surface area contributed by atoms with Gasteiger partial charge in [-0.15, -0.1) is 0 Å². The minimum atomic E-state index is -0.0471. The minimum absolute atomic E-state index is 0.0471. The van der Waals surface area contributed by atoms with E-state index in [4.69, 9.17) is 0 Å². The third kappa shape index (κ3) is 3.20. The monoisotopic (exact) mass is 276 g/mol. The molecule has 110 valence electrons. The molecule has 0 bridgehead atoms. The Hall–Kier alpha value is -1.36. The molecule has 1 aliphatic carbocycles. The van der Waals surface area contributed by atoms with Crippen molar-refractivity contribution in [3.8, 4) is 0 Å². The number of rotatable bonds is 5. The van der Waals surface area contributed by atoms with Crippen LogP contribution in [0.4, 0.5) is 5.82 Å². The van der Waals surface area contributed by atoms with Gasteiger partial charge in [-0.05, 0) is 50.6 Å². The Morgan fingerprint density at radius 1 is 1.25 bits per heavy atom. The molecular formula is C15H24N4O. The van der Waals surface area contributed by atoms with Gasteiger partial charge in [-0.3, -0.25) is 4.79 Å². The standard InChI is InChI=1S/C15H24N4O/c1-18-15(20)8-7-14(17-18)19-9-3-2-4-13(19)11-16-10-12-5-6-12/h7-8,12-13,16H,2-6,9-11H2,1H3. The highest BCUT2D eigenvalue weighted by molar-refractivity contribution is 5.38. The van der Waals surface area contributed by atoms with Crippen molar-refractivity contribution in [3.63, 3.8) is 0 Å². The molecule has 5 heteroatoms. The van der Waals surface area contributed by atoms with E-state index < -0.39 is 0 Å². The van der Waals surface area contributed by atoms with Gasteiger partial charge in [0.2, 0.25) is 0 Å². The first kappa shape index (κ1) is 13.6. The molecule has 1 saturated carbocycles. The van der Waals surface area contributed by atoms with Crippen molar-refractivity contribution in [3.05, 3.63) is 22.5 Å². The quantitative estimate of drug-likeness (QED) is 0.876. The first-order valence-corrected chi connectivity index (χ1v) is 7.76. The van der Waals surface area contributed by atoms with E-state index in [1.807, 2.05) is 6.07 Å². The zero-order valence-corrected chi connectivity index (χ0v) is 12.2. The highest BCUT2D eigenvalue weighted by Gasteiger charge is 2.25. The van der Waals surface area contributed by atoms with Crippen molar-refractivity contribution in [1.82, 2.24) is 15.1 Å². The van der Waals surface area contributed by atoms with Crippen molar-refractivity contribution < 1.29 is 0 Å². The van der Waals surface area contributed by atoms with Crippen LogP contribution in [-0.2, 0) is 7.05 Å².